The maximum absolute atomic E-state index is 12.6. The SMILES string of the molecule is CCOc1ccccc1N1CCN(C(=O)CC)C(C)C1=O. The Morgan fingerprint density at radius 3 is 2.67 bits per heavy atom. The summed E-state index contributed by atoms with van der Waals surface area (Å²) >= 11 is 0. The van der Waals surface area contributed by atoms with E-state index in [1.165, 1.54) is 0 Å². The smallest absolute Gasteiger partial charge is 0.249 e. The second-order valence-corrected chi connectivity index (χ2v) is 5.01. The number of benzene rings is 1. The Labute approximate surface area is 125 Å². The van der Waals surface area contributed by atoms with Gasteiger partial charge >= 0.3 is 0 Å². The van der Waals surface area contributed by atoms with E-state index in [0.29, 0.717) is 31.9 Å². The highest BCUT2D eigenvalue weighted by Gasteiger charge is 2.35. The molecule has 1 aromatic carbocycles. The minimum absolute atomic E-state index is 0.0218. The first-order valence-electron chi connectivity index (χ1n) is 7.42. The number of carbonyl (C=O) groups excluding carboxylic acids is 2. The summed E-state index contributed by atoms with van der Waals surface area (Å²) in [5.74, 6) is 0.666. The molecule has 5 nitrogen and oxygen atoms in total. The highest BCUT2D eigenvalue weighted by Crippen LogP contribution is 2.30. The van der Waals surface area contributed by atoms with E-state index in [0.717, 1.165) is 5.69 Å². The zero-order valence-electron chi connectivity index (χ0n) is 12.8. The van der Waals surface area contributed by atoms with Crippen LogP contribution in [-0.4, -0.2) is 42.5 Å². The van der Waals surface area contributed by atoms with Crippen molar-refractivity contribution in [3.63, 3.8) is 0 Å². The van der Waals surface area contributed by atoms with E-state index in [9.17, 15) is 9.59 Å². The minimum Gasteiger partial charge on any atom is -0.492 e. The molecule has 0 spiro atoms. The molecule has 1 fully saturated rings. The van der Waals surface area contributed by atoms with Gasteiger partial charge in [0.15, 0.2) is 0 Å². The highest BCUT2D eigenvalue weighted by atomic mass is 16.5. The van der Waals surface area contributed by atoms with Crippen LogP contribution in [0.4, 0.5) is 5.69 Å². The fourth-order valence-electron chi connectivity index (χ4n) is 2.61. The molecule has 0 bridgehead atoms. The van der Waals surface area contributed by atoms with Crippen LogP contribution in [-0.2, 0) is 9.59 Å². The number of anilines is 1. The Hall–Kier alpha value is -2.04. The Balaban J connectivity index is 2.24. The molecule has 0 radical (unpaired) electrons. The molecule has 0 saturated carbocycles. The summed E-state index contributed by atoms with van der Waals surface area (Å²) in [6.45, 7) is 7.12. The number of hydrogen-bond donors (Lipinski definition) is 0. The molecule has 5 heteroatoms. The molecule has 0 N–H and O–H groups in total. The average Bonchev–Trinajstić information content (AvgIpc) is 2.50. The van der Waals surface area contributed by atoms with E-state index in [4.69, 9.17) is 4.74 Å². The van der Waals surface area contributed by atoms with Gasteiger partial charge in [-0.3, -0.25) is 9.59 Å². The zero-order valence-corrected chi connectivity index (χ0v) is 12.8. The van der Waals surface area contributed by atoms with Gasteiger partial charge in [-0.2, -0.15) is 0 Å². The van der Waals surface area contributed by atoms with Crippen LogP contribution in [0.15, 0.2) is 24.3 Å². The van der Waals surface area contributed by atoms with Crippen LogP contribution < -0.4 is 9.64 Å². The van der Waals surface area contributed by atoms with E-state index in [2.05, 4.69) is 0 Å². The molecular formula is C16H22N2O3. The van der Waals surface area contributed by atoms with Gasteiger partial charge in [0.2, 0.25) is 11.8 Å². The Morgan fingerprint density at radius 1 is 1.29 bits per heavy atom. The molecule has 114 valence electrons. The standard InChI is InChI=1S/C16H22N2O3/c1-4-15(19)17-10-11-18(16(20)12(17)3)13-8-6-7-9-14(13)21-5-2/h6-9,12H,4-5,10-11H2,1-3H3. The van der Waals surface area contributed by atoms with Crippen molar-refractivity contribution in [3.8, 4) is 5.75 Å². The van der Waals surface area contributed by atoms with Crippen LogP contribution in [0.2, 0.25) is 0 Å². The summed E-state index contributed by atoms with van der Waals surface area (Å²) in [6.07, 6.45) is 0.424. The van der Waals surface area contributed by atoms with E-state index >= 15 is 0 Å². The van der Waals surface area contributed by atoms with Gasteiger partial charge in [0.1, 0.15) is 11.8 Å². The highest BCUT2D eigenvalue weighted by molar-refractivity contribution is 6.01. The summed E-state index contributed by atoms with van der Waals surface area (Å²) in [5.41, 5.74) is 0.778. The van der Waals surface area contributed by atoms with Gasteiger partial charge in [-0.1, -0.05) is 19.1 Å². The quantitative estimate of drug-likeness (QED) is 0.853. The predicted molar refractivity (Wildman–Crippen MR) is 81.4 cm³/mol. The van der Waals surface area contributed by atoms with Crippen molar-refractivity contribution in [2.45, 2.75) is 33.2 Å². The molecule has 1 unspecified atom stereocenters. The number of para-hydroxylation sites is 2. The topological polar surface area (TPSA) is 49.9 Å². The van der Waals surface area contributed by atoms with Gasteiger partial charge in [-0.25, -0.2) is 0 Å². The van der Waals surface area contributed by atoms with Gasteiger partial charge in [-0.15, -0.1) is 0 Å². The first-order valence-corrected chi connectivity index (χ1v) is 7.42. The van der Waals surface area contributed by atoms with E-state index in [1.807, 2.05) is 38.1 Å². The van der Waals surface area contributed by atoms with Crippen LogP contribution in [0.25, 0.3) is 0 Å². The zero-order chi connectivity index (χ0) is 15.4. The Kier molecular flexibility index (Phi) is 4.83. The third-order valence-electron chi connectivity index (χ3n) is 3.73. The summed E-state index contributed by atoms with van der Waals surface area (Å²) in [5, 5.41) is 0. The second-order valence-electron chi connectivity index (χ2n) is 5.01. The third-order valence-corrected chi connectivity index (χ3v) is 3.73. The number of nitrogens with zero attached hydrogens (tertiary/aromatic N) is 2. The summed E-state index contributed by atoms with van der Waals surface area (Å²) in [4.78, 5) is 27.8. The number of carbonyl (C=O) groups is 2. The lowest BCUT2D eigenvalue weighted by molar-refractivity contribution is -0.140. The van der Waals surface area contributed by atoms with Crippen molar-refractivity contribution in [3.05, 3.63) is 24.3 Å². The fourth-order valence-corrected chi connectivity index (χ4v) is 2.61. The number of piperazine rings is 1. The Morgan fingerprint density at radius 2 is 2.00 bits per heavy atom. The van der Waals surface area contributed by atoms with Crippen molar-refractivity contribution >= 4 is 17.5 Å². The second kappa shape index (κ2) is 6.61. The maximum atomic E-state index is 12.6. The van der Waals surface area contributed by atoms with Gasteiger partial charge in [0.25, 0.3) is 0 Å². The van der Waals surface area contributed by atoms with Gasteiger partial charge in [0.05, 0.1) is 12.3 Å². The van der Waals surface area contributed by atoms with Gasteiger partial charge in [0, 0.05) is 19.5 Å². The monoisotopic (exact) mass is 290 g/mol. The summed E-state index contributed by atoms with van der Waals surface area (Å²) in [7, 11) is 0. The largest absolute Gasteiger partial charge is 0.492 e. The van der Waals surface area contributed by atoms with Crippen molar-refractivity contribution in [1.82, 2.24) is 4.90 Å². The molecule has 21 heavy (non-hydrogen) atoms. The normalized spacial score (nSPS) is 18.8. The van der Waals surface area contributed by atoms with Crippen molar-refractivity contribution in [2.75, 3.05) is 24.6 Å². The number of rotatable bonds is 4. The molecule has 1 aromatic rings. The van der Waals surface area contributed by atoms with Crippen molar-refractivity contribution in [2.24, 2.45) is 0 Å². The van der Waals surface area contributed by atoms with Crippen molar-refractivity contribution < 1.29 is 14.3 Å². The van der Waals surface area contributed by atoms with Crippen LogP contribution in [0.1, 0.15) is 27.2 Å². The lowest BCUT2D eigenvalue weighted by Gasteiger charge is -2.39. The number of amides is 2. The number of ether oxygens (including phenoxy) is 1. The van der Waals surface area contributed by atoms with E-state index in [-0.39, 0.29) is 11.8 Å². The molecule has 0 aromatic heterocycles. The summed E-state index contributed by atoms with van der Waals surface area (Å²) in [6, 6.07) is 7.09. The van der Waals surface area contributed by atoms with Gasteiger partial charge < -0.3 is 14.5 Å². The van der Waals surface area contributed by atoms with Crippen LogP contribution in [0.3, 0.4) is 0 Å². The van der Waals surface area contributed by atoms with E-state index in [1.54, 1.807) is 16.7 Å². The first kappa shape index (κ1) is 15.4. The summed E-state index contributed by atoms with van der Waals surface area (Å²) < 4.78 is 5.59. The van der Waals surface area contributed by atoms with Gasteiger partial charge in [-0.05, 0) is 26.0 Å². The molecule has 1 saturated heterocycles. The van der Waals surface area contributed by atoms with E-state index < -0.39 is 6.04 Å². The molecule has 2 amide bonds. The lowest BCUT2D eigenvalue weighted by Crippen LogP contribution is -2.57. The van der Waals surface area contributed by atoms with Crippen LogP contribution in [0.5, 0.6) is 5.75 Å². The molecule has 1 atom stereocenters. The average molecular weight is 290 g/mol. The third kappa shape index (κ3) is 3.01. The molecule has 1 aliphatic heterocycles. The molecule has 1 aliphatic rings. The minimum atomic E-state index is -0.430. The molecule has 1 heterocycles. The van der Waals surface area contributed by atoms with Crippen LogP contribution in [0, 0.1) is 0 Å². The number of hydrogen-bond acceptors (Lipinski definition) is 3. The first-order chi connectivity index (χ1) is 10.1. The van der Waals surface area contributed by atoms with Crippen molar-refractivity contribution in [1.29, 1.82) is 0 Å². The predicted octanol–water partition coefficient (Wildman–Crippen LogP) is 2.06. The molecular weight excluding hydrogens is 268 g/mol. The van der Waals surface area contributed by atoms with Crippen LogP contribution >= 0.6 is 0 Å². The Bertz CT molecular complexity index is 530. The molecule has 2 rings (SSSR count). The fraction of sp³-hybridized carbons (Fsp3) is 0.500. The maximum Gasteiger partial charge on any atom is 0.249 e. The molecule has 0 aliphatic carbocycles. The lowest BCUT2D eigenvalue weighted by atomic mass is 10.1.